The lowest BCUT2D eigenvalue weighted by Gasteiger charge is -2.10. The average molecular weight is 488 g/mol. The number of carbonyl (C=O) groups is 1. The van der Waals surface area contributed by atoms with Gasteiger partial charge in [0.2, 0.25) is 0 Å². The molecule has 7 heteroatoms. The van der Waals surface area contributed by atoms with Crippen molar-refractivity contribution in [3.63, 3.8) is 0 Å². The Morgan fingerprint density at radius 1 is 0.829 bits per heavy atom. The first-order valence-corrected chi connectivity index (χ1v) is 11.9. The number of allylic oxidation sites excluding steroid dienone is 1. The molecule has 0 N–H and O–H groups in total. The Hall–Kier alpha value is -3.97. The second kappa shape index (κ2) is 9.72. The van der Waals surface area contributed by atoms with Gasteiger partial charge >= 0.3 is 0 Å². The van der Waals surface area contributed by atoms with Crippen LogP contribution in [0.15, 0.2) is 72.2 Å². The fraction of sp³-hybridized carbons (Fsp3) is 0.143. The maximum absolute atomic E-state index is 13.6. The number of benzene rings is 3. The highest BCUT2D eigenvalue weighted by molar-refractivity contribution is 7.09. The summed E-state index contributed by atoms with van der Waals surface area (Å²) in [5.41, 5.74) is 5.82. The Morgan fingerprint density at radius 3 is 2.14 bits per heavy atom. The van der Waals surface area contributed by atoms with Crippen molar-refractivity contribution in [3.8, 4) is 17.2 Å². The number of rotatable bonds is 8. The molecule has 4 aromatic rings. The molecule has 0 fully saturated rings. The molecule has 35 heavy (non-hydrogen) atoms. The molecule has 0 bridgehead atoms. The van der Waals surface area contributed by atoms with E-state index in [2.05, 4.69) is 4.98 Å². The van der Waals surface area contributed by atoms with Gasteiger partial charge < -0.3 is 14.2 Å². The molecule has 1 aliphatic rings. The predicted octanol–water partition coefficient (Wildman–Crippen LogP) is 6.21. The zero-order valence-corrected chi connectivity index (χ0v) is 20.0. The quantitative estimate of drug-likeness (QED) is 0.277. The highest BCUT2D eigenvalue weighted by Crippen LogP contribution is 2.44. The maximum Gasteiger partial charge on any atom is 0.195 e. The van der Waals surface area contributed by atoms with Gasteiger partial charge in [0.05, 0.1) is 18.3 Å². The van der Waals surface area contributed by atoms with Gasteiger partial charge in [-0.2, -0.15) is 0 Å². The minimum Gasteiger partial charge on any atom is -0.497 e. The van der Waals surface area contributed by atoms with Gasteiger partial charge in [0.15, 0.2) is 5.78 Å². The van der Waals surface area contributed by atoms with Gasteiger partial charge in [-0.25, -0.2) is 9.37 Å². The van der Waals surface area contributed by atoms with Crippen LogP contribution in [0.3, 0.4) is 0 Å². The summed E-state index contributed by atoms with van der Waals surface area (Å²) >= 11 is 1.52. The first-order chi connectivity index (χ1) is 17.0. The molecule has 0 unspecified atom stereocenters. The topological polar surface area (TPSA) is 57.7 Å². The molecule has 5 nitrogen and oxygen atoms in total. The Balaban J connectivity index is 1.37. The zero-order chi connectivity index (χ0) is 24.4. The van der Waals surface area contributed by atoms with Crippen LogP contribution in [-0.4, -0.2) is 31.1 Å². The van der Waals surface area contributed by atoms with Crippen LogP contribution < -0.4 is 14.2 Å². The standard InChI is InChI=1S/C28H22FNO4S/c1-17-27(30-16-35-17)26-23-12-11-22(34-14-13-33-21-9-7-20(32-2)8-10-21)15-24(23)28(31)25(26)18-3-5-19(29)6-4-18/h3-12,15-16H,13-14H2,1-2H3. The molecule has 176 valence electrons. The molecule has 0 amide bonds. The summed E-state index contributed by atoms with van der Waals surface area (Å²) in [7, 11) is 1.62. The number of methoxy groups -OCH3 is 1. The number of carbonyl (C=O) groups excluding carboxylic acids is 1. The van der Waals surface area contributed by atoms with E-state index in [-0.39, 0.29) is 11.6 Å². The summed E-state index contributed by atoms with van der Waals surface area (Å²) in [6.45, 7) is 2.64. The van der Waals surface area contributed by atoms with Crippen LogP contribution in [0.5, 0.6) is 17.2 Å². The molecule has 0 atom stereocenters. The third-order valence-electron chi connectivity index (χ3n) is 5.78. The van der Waals surface area contributed by atoms with Gasteiger partial charge in [0.25, 0.3) is 0 Å². The van der Waals surface area contributed by atoms with Gasteiger partial charge in [-0.05, 0) is 72.6 Å². The minimum absolute atomic E-state index is 0.131. The molecular formula is C28H22FNO4S. The van der Waals surface area contributed by atoms with Crippen molar-refractivity contribution in [2.45, 2.75) is 6.92 Å². The van der Waals surface area contributed by atoms with Crippen LogP contribution in [-0.2, 0) is 0 Å². The zero-order valence-electron chi connectivity index (χ0n) is 19.2. The van der Waals surface area contributed by atoms with Crippen molar-refractivity contribution >= 4 is 28.3 Å². The lowest BCUT2D eigenvalue weighted by Crippen LogP contribution is -2.09. The SMILES string of the molecule is COc1ccc(OCCOc2ccc3c(c2)C(=O)C(c2ccc(F)cc2)=C3c2ncsc2C)cc1. The minimum atomic E-state index is -0.351. The van der Waals surface area contributed by atoms with E-state index in [0.29, 0.717) is 35.7 Å². The monoisotopic (exact) mass is 487 g/mol. The number of aryl methyl sites for hydroxylation is 1. The lowest BCUT2D eigenvalue weighted by atomic mass is 9.97. The molecule has 0 aliphatic heterocycles. The van der Waals surface area contributed by atoms with Crippen LogP contribution in [0.1, 0.15) is 32.1 Å². The van der Waals surface area contributed by atoms with Crippen LogP contribution in [0, 0.1) is 12.7 Å². The molecule has 0 spiro atoms. The number of aromatic nitrogens is 1. The number of ketones is 1. The Bertz CT molecular complexity index is 1410. The third-order valence-corrected chi connectivity index (χ3v) is 6.53. The number of hydrogen-bond acceptors (Lipinski definition) is 6. The number of fused-ring (bicyclic) bond motifs is 1. The van der Waals surface area contributed by atoms with E-state index in [4.69, 9.17) is 14.2 Å². The number of hydrogen-bond donors (Lipinski definition) is 0. The van der Waals surface area contributed by atoms with E-state index in [1.165, 1.54) is 23.5 Å². The molecule has 1 aromatic heterocycles. The second-order valence-electron chi connectivity index (χ2n) is 7.92. The van der Waals surface area contributed by atoms with Gasteiger partial charge in [-0.3, -0.25) is 4.79 Å². The fourth-order valence-corrected chi connectivity index (χ4v) is 4.66. The molecule has 3 aromatic carbocycles. The average Bonchev–Trinajstić information content (AvgIpc) is 3.42. The smallest absolute Gasteiger partial charge is 0.195 e. The Kier molecular flexibility index (Phi) is 6.33. The van der Waals surface area contributed by atoms with E-state index < -0.39 is 0 Å². The summed E-state index contributed by atoms with van der Waals surface area (Å²) in [6.07, 6.45) is 0. The van der Waals surface area contributed by atoms with Crippen LogP contribution >= 0.6 is 11.3 Å². The van der Waals surface area contributed by atoms with E-state index in [1.807, 2.05) is 43.3 Å². The van der Waals surface area contributed by atoms with Gasteiger partial charge in [0, 0.05) is 21.6 Å². The largest absolute Gasteiger partial charge is 0.497 e. The first kappa shape index (κ1) is 22.8. The molecule has 0 saturated heterocycles. The maximum atomic E-state index is 13.6. The third kappa shape index (κ3) is 4.55. The van der Waals surface area contributed by atoms with Crippen molar-refractivity contribution in [3.05, 3.63) is 105 Å². The Morgan fingerprint density at radius 2 is 1.49 bits per heavy atom. The Labute approximate surface area is 206 Å². The van der Waals surface area contributed by atoms with Crippen molar-refractivity contribution in [1.82, 2.24) is 4.98 Å². The molecule has 5 rings (SSSR count). The van der Waals surface area contributed by atoms with Crippen LogP contribution in [0.4, 0.5) is 4.39 Å². The summed E-state index contributed by atoms with van der Waals surface area (Å²) in [5, 5.41) is 0. The van der Waals surface area contributed by atoms with Crippen molar-refractivity contribution in [1.29, 1.82) is 0 Å². The van der Waals surface area contributed by atoms with E-state index in [0.717, 1.165) is 33.2 Å². The molecule has 0 radical (unpaired) electrons. The van der Waals surface area contributed by atoms with E-state index in [1.54, 1.807) is 30.8 Å². The van der Waals surface area contributed by atoms with Crippen LogP contribution in [0.25, 0.3) is 11.1 Å². The molecule has 1 heterocycles. The fourth-order valence-electron chi connectivity index (χ4n) is 4.08. The summed E-state index contributed by atoms with van der Waals surface area (Å²) in [5.74, 6) is 1.57. The van der Waals surface area contributed by atoms with E-state index >= 15 is 0 Å². The van der Waals surface area contributed by atoms with Crippen molar-refractivity contribution < 1.29 is 23.4 Å². The van der Waals surface area contributed by atoms with Gasteiger partial charge in [0.1, 0.15) is 36.3 Å². The first-order valence-electron chi connectivity index (χ1n) is 11.0. The van der Waals surface area contributed by atoms with Crippen molar-refractivity contribution in [2.24, 2.45) is 0 Å². The number of halogens is 1. The predicted molar refractivity (Wildman–Crippen MR) is 134 cm³/mol. The molecule has 1 aliphatic carbocycles. The number of ether oxygens (including phenoxy) is 3. The van der Waals surface area contributed by atoms with Crippen molar-refractivity contribution in [2.75, 3.05) is 20.3 Å². The summed E-state index contributed by atoms with van der Waals surface area (Å²) in [6, 6.07) is 18.8. The van der Waals surface area contributed by atoms with E-state index in [9.17, 15) is 9.18 Å². The van der Waals surface area contributed by atoms with Gasteiger partial charge in [-0.15, -0.1) is 11.3 Å². The second-order valence-corrected chi connectivity index (χ2v) is 8.98. The number of thiazole rings is 1. The van der Waals surface area contributed by atoms with Gasteiger partial charge in [-0.1, -0.05) is 12.1 Å². The summed E-state index contributed by atoms with van der Waals surface area (Å²) < 4.78 is 30.3. The summed E-state index contributed by atoms with van der Waals surface area (Å²) in [4.78, 5) is 19.1. The van der Waals surface area contributed by atoms with Crippen LogP contribution in [0.2, 0.25) is 0 Å². The normalized spacial score (nSPS) is 12.6. The molecular weight excluding hydrogens is 465 g/mol. The molecule has 0 saturated carbocycles. The number of Topliss-reactive ketones (excluding diaryl/α,β-unsaturated/α-hetero) is 1. The number of nitrogens with zero attached hydrogens (tertiary/aromatic N) is 1. The lowest BCUT2D eigenvalue weighted by molar-refractivity contribution is 0.105. The highest BCUT2D eigenvalue weighted by atomic mass is 32.1. The highest BCUT2D eigenvalue weighted by Gasteiger charge is 2.33.